The van der Waals surface area contributed by atoms with Gasteiger partial charge in [-0.15, -0.1) is 0 Å². The molecule has 0 spiro atoms. The second-order valence-electron chi connectivity index (χ2n) is 4.72. The van der Waals surface area contributed by atoms with E-state index < -0.39 is 23.3 Å². The Morgan fingerprint density at radius 2 is 1.48 bits per heavy atom. The first kappa shape index (κ1) is 14.8. The van der Waals surface area contributed by atoms with Crippen molar-refractivity contribution >= 4 is 11.6 Å². The van der Waals surface area contributed by atoms with E-state index in [9.17, 15) is 13.6 Å². The molecule has 4 N–H and O–H groups in total. The molecule has 0 unspecified atom stereocenters. The molecule has 0 heterocycles. The zero-order chi connectivity index (χ0) is 15.7. The van der Waals surface area contributed by atoms with Crippen LogP contribution in [-0.2, 0) is 0 Å². The van der Waals surface area contributed by atoms with E-state index in [2.05, 4.69) is 0 Å². The van der Waals surface area contributed by atoms with Gasteiger partial charge in [0.25, 0.3) is 0 Å². The van der Waals surface area contributed by atoms with Crippen molar-refractivity contribution in [3.8, 4) is 11.5 Å². The number of rotatable bonds is 3. The molecule has 0 aliphatic rings. The van der Waals surface area contributed by atoms with E-state index in [-0.39, 0.29) is 11.4 Å². The van der Waals surface area contributed by atoms with E-state index in [4.69, 9.17) is 16.2 Å². The molecule has 2 rings (SSSR count). The minimum Gasteiger partial charge on any atom is -0.451 e. The third-order valence-electron chi connectivity index (χ3n) is 2.97. The van der Waals surface area contributed by atoms with Gasteiger partial charge in [-0.3, -0.25) is 4.79 Å². The number of ether oxygens (including phenoxy) is 1. The molecule has 6 heteroatoms. The minimum atomic E-state index is -0.898. The number of hydrogen-bond acceptors (Lipinski definition) is 3. The molecule has 0 saturated carbocycles. The molecule has 1 amide bonds. The second-order valence-corrected chi connectivity index (χ2v) is 4.72. The number of hydrogen-bond donors (Lipinski definition) is 2. The molecule has 0 radical (unpaired) electrons. The highest BCUT2D eigenvalue weighted by molar-refractivity contribution is 5.93. The predicted octanol–water partition coefficient (Wildman–Crippen LogP) is 3.06. The standard InChI is InChI=1S/C15H14F2N2O2/c1-7-3-9(15(19)20)4-8(2)13(7)21-14-11(16)5-10(18)6-12(14)17/h3-6H,18H2,1-2H3,(H2,19,20). The maximum absolute atomic E-state index is 13.7. The number of aryl methyl sites for hydroxylation is 2. The zero-order valence-electron chi connectivity index (χ0n) is 11.5. The summed E-state index contributed by atoms with van der Waals surface area (Å²) in [4.78, 5) is 11.2. The van der Waals surface area contributed by atoms with Gasteiger partial charge in [0, 0.05) is 23.4 Å². The number of benzene rings is 2. The number of amides is 1. The van der Waals surface area contributed by atoms with Gasteiger partial charge in [-0.25, -0.2) is 8.78 Å². The summed E-state index contributed by atoms with van der Waals surface area (Å²) in [7, 11) is 0. The van der Waals surface area contributed by atoms with E-state index in [0.29, 0.717) is 16.7 Å². The number of primary amides is 1. The van der Waals surface area contributed by atoms with Crippen LogP contribution >= 0.6 is 0 Å². The van der Waals surface area contributed by atoms with Crippen molar-refractivity contribution in [2.24, 2.45) is 5.73 Å². The summed E-state index contributed by atoms with van der Waals surface area (Å²) in [5.74, 6) is -2.65. The quantitative estimate of drug-likeness (QED) is 0.853. The number of carbonyl (C=O) groups excluding carboxylic acids is 1. The summed E-state index contributed by atoms with van der Waals surface area (Å²) >= 11 is 0. The Kier molecular flexibility index (Phi) is 3.80. The Morgan fingerprint density at radius 3 is 1.90 bits per heavy atom. The number of carbonyl (C=O) groups is 1. The Hall–Kier alpha value is -2.63. The van der Waals surface area contributed by atoms with Crippen LogP contribution in [0.1, 0.15) is 21.5 Å². The predicted molar refractivity (Wildman–Crippen MR) is 75.3 cm³/mol. The van der Waals surface area contributed by atoms with Gasteiger partial charge in [0.2, 0.25) is 5.91 Å². The Labute approximate surface area is 120 Å². The van der Waals surface area contributed by atoms with Gasteiger partial charge in [-0.2, -0.15) is 0 Å². The van der Waals surface area contributed by atoms with E-state index in [1.165, 1.54) is 12.1 Å². The van der Waals surface area contributed by atoms with Gasteiger partial charge in [-0.1, -0.05) is 0 Å². The Bertz CT molecular complexity index is 684. The van der Waals surface area contributed by atoms with Crippen molar-refractivity contribution in [1.82, 2.24) is 0 Å². The third-order valence-corrected chi connectivity index (χ3v) is 2.97. The van der Waals surface area contributed by atoms with Crippen LogP contribution in [0.3, 0.4) is 0 Å². The lowest BCUT2D eigenvalue weighted by Crippen LogP contribution is -2.11. The summed E-state index contributed by atoms with van der Waals surface area (Å²) in [6, 6.07) is 4.94. The van der Waals surface area contributed by atoms with Crippen molar-refractivity contribution in [3.63, 3.8) is 0 Å². The van der Waals surface area contributed by atoms with Crippen molar-refractivity contribution < 1.29 is 18.3 Å². The highest BCUT2D eigenvalue weighted by Crippen LogP contribution is 2.33. The van der Waals surface area contributed by atoms with Crippen LogP contribution in [0.4, 0.5) is 14.5 Å². The molecule has 4 nitrogen and oxygen atoms in total. The normalized spacial score (nSPS) is 10.5. The van der Waals surface area contributed by atoms with E-state index in [1.54, 1.807) is 13.8 Å². The number of nitrogen functional groups attached to an aromatic ring is 1. The van der Waals surface area contributed by atoms with Crippen molar-refractivity contribution in [2.45, 2.75) is 13.8 Å². The fraction of sp³-hybridized carbons (Fsp3) is 0.133. The lowest BCUT2D eigenvalue weighted by molar-refractivity contribution is 0.1000. The third kappa shape index (κ3) is 2.94. The van der Waals surface area contributed by atoms with E-state index >= 15 is 0 Å². The van der Waals surface area contributed by atoms with Gasteiger partial charge in [0.1, 0.15) is 5.75 Å². The first-order chi connectivity index (χ1) is 9.79. The second kappa shape index (κ2) is 5.40. The topological polar surface area (TPSA) is 78.3 Å². The smallest absolute Gasteiger partial charge is 0.248 e. The van der Waals surface area contributed by atoms with Crippen LogP contribution in [0.25, 0.3) is 0 Å². The SMILES string of the molecule is Cc1cc(C(N)=O)cc(C)c1Oc1c(F)cc(N)cc1F. The van der Waals surface area contributed by atoms with E-state index in [0.717, 1.165) is 12.1 Å². The van der Waals surface area contributed by atoms with E-state index in [1.807, 2.05) is 0 Å². The Morgan fingerprint density at radius 1 is 1.00 bits per heavy atom. The fourth-order valence-corrected chi connectivity index (χ4v) is 2.03. The monoisotopic (exact) mass is 292 g/mol. The minimum absolute atomic E-state index is 0.0325. The zero-order valence-corrected chi connectivity index (χ0v) is 11.5. The highest BCUT2D eigenvalue weighted by Gasteiger charge is 2.16. The number of anilines is 1. The summed E-state index contributed by atoms with van der Waals surface area (Å²) in [6.45, 7) is 3.31. The molecular formula is C15H14F2N2O2. The number of nitrogens with two attached hydrogens (primary N) is 2. The van der Waals surface area contributed by atoms with Crippen molar-refractivity contribution in [2.75, 3.05) is 5.73 Å². The van der Waals surface area contributed by atoms with Crippen LogP contribution in [-0.4, -0.2) is 5.91 Å². The molecule has 110 valence electrons. The van der Waals surface area contributed by atoms with Crippen LogP contribution < -0.4 is 16.2 Å². The van der Waals surface area contributed by atoms with Gasteiger partial charge in [0.15, 0.2) is 17.4 Å². The lowest BCUT2D eigenvalue weighted by atomic mass is 10.1. The van der Waals surface area contributed by atoms with Gasteiger partial charge >= 0.3 is 0 Å². The first-order valence-electron chi connectivity index (χ1n) is 6.13. The van der Waals surface area contributed by atoms with Crippen LogP contribution in [0.2, 0.25) is 0 Å². The summed E-state index contributed by atoms with van der Waals surface area (Å²) in [6.07, 6.45) is 0. The molecule has 0 aliphatic heterocycles. The average molecular weight is 292 g/mol. The summed E-state index contributed by atoms with van der Waals surface area (Å²) in [5, 5.41) is 0. The molecule has 0 saturated heterocycles. The van der Waals surface area contributed by atoms with Gasteiger partial charge in [0.05, 0.1) is 0 Å². The number of halogens is 2. The highest BCUT2D eigenvalue weighted by atomic mass is 19.1. The van der Waals surface area contributed by atoms with Crippen LogP contribution in [0.5, 0.6) is 11.5 Å². The molecule has 21 heavy (non-hydrogen) atoms. The van der Waals surface area contributed by atoms with Crippen molar-refractivity contribution in [1.29, 1.82) is 0 Å². The molecule has 2 aromatic rings. The maximum atomic E-state index is 13.7. The summed E-state index contributed by atoms with van der Waals surface area (Å²) < 4.78 is 32.8. The Balaban J connectivity index is 2.48. The van der Waals surface area contributed by atoms with Gasteiger partial charge < -0.3 is 16.2 Å². The largest absolute Gasteiger partial charge is 0.451 e. The van der Waals surface area contributed by atoms with Crippen LogP contribution in [0, 0.1) is 25.5 Å². The summed E-state index contributed by atoms with van der Waals surface area (Å²) in [5.41, 5.74) is 11.9. The fourth-order valence-electron chi connectivity index (χ4n) is 2.03. The molecule has 0 fully saturated rings. The molecule has 0 aromatic heterocycles. The van der Waals surface area contributed by atoms with Crippen LogP contribution in [0.15, 0.2) is 24.3 Å². The molecule has 0 bridgehead atoms. The van der Waals surface area contributed by atoms with Crippen molar-refractivity contribution in [3.05, 3.63) is 52.6 Å². The molecule has 0 atom stereocenters. The average Bonchev–Trinajstić information content (AvgIpc) is 2.35. The maximum Gasteiger partial charge on any atom is 0.248 e. The molecular weight excluding hydrogens is 278 g/mol. The van der Waals surface area contributed by atoms with Gasteiger partial charge in [-0.05, 0) is 37.1 Å². The molecule has 0 aliphatic carbocycles. The lowest BCUT2D eigenvalue weighted by Gasteiger charge is -2.14. The molecule has 2 aromatic carbocycles. The first-order valence-corrected chi connectivity index (χ1v) is 6.13.